The summed E-state index contributed by atoms with van der Waals surface area (Å²) >= 11 is 0. The molecule has 0 spiro atoms. The first kappa shape index (κ1) is 36.8. The molecule has 0 radical (unpaired) electrons. The Morgan fingerprint density at radius 2 is 0.677 bits per heavy atom. The van der Waals surface area contributed by atoms with Crippen molar-refractivity contribution in [2.45, 2.75) is 0 Å². The molecule has 0 unspecified atom stereocenters. The first-order valence-electron chi connectivity index (χ1n) is 21.2. The summed E-state index contributed by atoms with van der Waals surface area (Å²) in [7, 11) is 0. The number of furan rings is 1. The van der Waals surface area contributed by atoms with Crippen LogP contribution in [-0.4, -0.2) is 0 Å². The van der Waals surface area contributed by atoms with E-state index in [2.05, 4.69) is 248 Å². The maximum atomic E-state index is 6.68. The Hall–Kier alpha value is -8.20. The lowest BCUT2D eigenvalue weighted by Crippen LogP contribution is -2.12. The second-order valence-corrected chi connectivity index (χ2v) is 15.6. The number of benzene rings is 10. The molecule has 0 bridgehead atoms. The lowest BCUT2D eigenvalue weighted by molar-refractivity contribution is 0.670. The van der Waals surface area contributed by atoms with Crippen molar-refractivity contribution in [1.82, 2.24) is 0 Å². The van der Waals surface area contributed by atoms with Crippen molar-refractivity contribution in [2.75, 3.05) is 4.90 Å². The average Bonchev–Trinajstić information content (AvgIpc) is 3.74. The van der Waals surface area contributed by atoms with Gasteiger partial charge in [-0.05, 0) is 86.5 Å². The number of hydrogen-bond acceptors (Lipinski definition) is 2. The van der Waals surface area contributed by atoms with E-state index in [-0.39, 0.29) is 0 Å². The zero-order valence-corrected chi connectivity index (χ0v) is 34.0. The fourth-order valence-electron chi connectivity index (χ4n) is 9.01. The molecule has 0 aliphatic rings. The van der Waals surface area contributed by atoms with E-state index in [0.29, 0.717) is 0 Å². The Labute approximate surface area is 362 Å². The van der Waals surface area contributed by atoms with Crippen LogP contribution in [-0.2, 0) is 0 Å². The highest BCUT2D eigenvalue weighted by Gasteiger charge is 2.24. The van der Waals surface area contributed by atoms with Gasteiger partial charge in [-0.25, -0.2) is 0 Å². The summed E-state index contributed by atoms with van der Waals surface area (Å²) < 4.78 is 6.68. The number of para-hydroxylation sites is 4. The number of hydrogen-bond donors (Lipinski definition) is 0. The van der Waals surface area contributed by atoms with Crippen LogP contribution in [0.5, 0.6) is 0 Å². The Kier molecular flexibility index (Phi) is 9.57. The molecule has 11 rings (SSSR count). The van der Waals surface area contributed by atoms with Crippen molar-refractivity contribution in [3.63, 3.8) is 0 Å². The van der Waals surface area contributed by atoms with Crippen LogP contribution in [0.2, 0.25) is 0 Å². The molecular formula is C60H41NO. The Balaban J connectivity index is 1.11. The number of anilines is 3. The van der Waals surface area contributed by atoms with E-state index >= 15 is 0 Å². The van der Waals surface area contributed by atoms with Gasteiger partial charge in [-0.2, -0.15) is 0 Å². The maximum Gasteiger partial charge on any atom is 0.143 e. The summed E-state index contributed by atoms with van der Waals surface area (Å²) in [5.41, 5.74) is 18.8. The Bertz CT molecular complexity index is 3350. The van der Waals surface area contributed by atoms with Gasteiger partial charge in [0, 0.05) is 33.2 Å². The van der Waals surface area contributed by atoms with Gasteiger partial charge >= 0.3 is 0 Å². The summed E-state index contributed by atoms with van der Waals surface area (Å²) in [6.07, 6.45) is 0. The Morgan fingerprint density at radius 3 is 1.34 bits per heavy atom. The molecule has 0 aliphatic carbocycles. The number of nitrogens with zero attached hydrogens (tertiary/aromatic N) is 1. The third-order valence-electron chi connectivity index (χ3n) is 11.9. The van der Waals surface area contributed by atoms with Crippen molar-refractivity contribution in [3.05, 3.63) is 249 Å². The van der Waals surface area contributed by atoms with Crippen LogP contribution in [0.25, 0.3) is 88.7 Å². The summed E-state index contributed by atoms with van der Waals surface area (Å²) in [5.74, 6) is 0. The monoisotopic (exact) mass is 791 g/mol. The summed E-state index contributed by atoms with van der Waals surface area (Å²) in [4.78, 5) is 2.43. The van der Waals surface area contributed by atoms with E-state index < -0.39 is 0 Å². The smallest absolute Gasteiger partial charge is 0.143 e. The summed E-state index contributed by atoms with van der Waals surface area (Å²) in [5, 5.41) is 2.22. The average molecular weight is 792 g/mol. The van der Waals surface area contributed by atoms with Gasteiger partial charge in [-0.1, -0.05) is 212 Å². The van der Waals surface area contributed by atoms with Gasteiger partial charge in [0.1, 0.15) is 11.2 Å². The lowest BCUT2D eigenvalue weighted by atomic mass is 9.88. The minimum Gasteiger partial charge on any atom is -0.455 e. The molecule has 11 aromatic rings. The quantitative estimate of drug-likeness (QED) is 0.145. The van der Waals surface area contributed by atoms with Gasteiger partial charge in [0.05, 0.1) is 11.4 Å². The molecule has 1 heterocycles. The molecule has 0 amide bonds. The molecule has 2 heteroatoms. The fraction of sp³-hybridized carbons (Fsp3) is 0. The second kappa shape index (κ2) is 16.1. The van der Waals surface area contributed by atoms with Gasteiger partial charge in [-0.3, -0.25) is 0 Å². The summed E-state index contributed by atoms with van der Waals surface area (Å²) in [6.45, 7) is 0. The maximum absolute atomic E-state index is 6.68. The number of rotatable bonds is 9. The topological polar surface area (TPSA) is 16.4 Å². The molecule has 292 valence electrons. The minimum atomic E-state index is 0.880. The standard InChI is InChI=1S/C60H41NO/c1-3-19-42(20-4-1)45-23-17-24-46(41-45)43-37-39-47(40-38-43)61(58-35-15-12-30-53(58)55-32-18-33-56-54-31-13-16-36-59(54)62-60(55)56)57-34-14-11-29-52(57)51-28-10-9-27-50(51)49-26-8-7-25-48(49)44-21-5-2-6-22-44/h1-41H. The molecule has 10 aromatic carbocycles. The SMILES string of the molecule is c1ccc(-c2cccc(-c3ccc(N(c4ccccc4-c4ccccc4-c4ccccc4-c4ccccc4)c4ccccc4-c4cccc5c4oc4ccccc45)cc3)c2)cc1. The van der Waals surface area contributed by atoms with Crippen LogP contribution >= 0.6 is 0 Å². The second-order valence-electron chi connectivity index (χ2n) is 15.6. The molecule has 2 nitrogen and oxygen atoms in total. The van der Waals surface area contributed by atoms with Gasteiger partial charge < -0.3 is 9.32 Å². The normalized spacial score (nSPS) is 11.2. The predicted octanol–water partition coefficient (Wildman–Crippen LogP) is 17.1. The van der Waals surface area contributed by atoms with E-state index in [1.54, 1.807) is 0 Å². The highest BCUT2D eigenvalue weighted by atomic mass is 16.3. The molecule has 1 aromatic heterocycles. The van der Waals surface area contributed by atoms with Crippen LogP contribution in [0.1, 0.15) is 0 Å². The molecular weight excluding hydrogens is 751 g/mol. The molecule has 0 atom stereocenters. The zero-order chi connectivity index (χ0) is 41.2. The van der Waals surface area contributed by atoms with E-state index in [1.165, 1.54) is 38.9 Å². The van der Waals surface area contributed by atoms with Crippen LogP contribution < -0.4 is 4.90 Å². The first-order valence-corrected chi connectivity index (χ1v) is 21.2. The largest absolute Gasteiger partial charge is 0.455 e. The third-order valence-corrected chi connectivity index (χ3v) is 11.9. The van der Waals surface area contributed by atoms with Crippen molar-refractivity contribution < 1.29 is 4.42 Å². The predicted molar refractivity (Wildman–Crippen MR) is 261 cm³/mol. The van der Waals surface area contributed by atoms with Crippen molar-refractivity contribution in [2.24, 2.45) is 0 Å². The van der Waals surface area contributed by atoms with Gasteiger partial charge in [-0.15, -0.1) is 0 Å². The van der Waals surface area contributed by atoms with Crippen LogP contribution in [0.15, 0.2) is 253 Å². The van der Waals surface area contributed by atoms with Crippen molar-refractivity contribution in [1.29, 1.82) is 0 Å². The highest BCUT2D eigenvalue weighted by molar-refractivity contribution is 6.11. The third kappa shape index (κ3) is 6.74. The lowest BCUT2D eigenvalue weighted by Gasteiger charge is -2.30. The van der Waals surface area contributed by atoms with E-state index in [1.807, 2.05) is 6.07 Å². The van der Waals surface area contributed by atoms with Gasteiger partial charge in [0.2, 0.25) is 0 Å². The molecule has 62 heavy (non-hydrogen) atoms. The zero-order valence-electron chi connectivity index (χ0n) is 34.0. The van der Waals surface area contributed by atoms with Crippen molar-refractivity contribution >= 4 is 39.0 Å². The molecule has 0 N–H and O–H groups in total. The highest BCUT2D eigenvalue weighted by Crippen LogP contribution is 2.49. The van der Waals surface area contributed by atoms with Gasteiger partial charge in [0.15, 0.2) is 0 Å². The number of fused-ring (bicyclic) bond motifs is 3. The van der Waals surface area contributed by atoms with E-state index in [9.17, 15) is 0 Å². The molecule has 0 saturated carbocycles. The summed E-state index contributed by atoms with van der Waals surface area (Å²) in [6, 6.07) is 89.0. The minimum absolute atomic E-state index is 0.880. The first-order chi connectivity index (χ1) is 30.8. The van der Waals surface area contributed by atoms with Crippen LogP contribution in [0.3, 0.4) is 0 Å². The van der Waals surface area contributed by atoms with E-state index in [0.717, 1.165) is 66.8 Å². The van der Waals surface area contributed by atoms with Crippen LogP contribution in [0, 0.1) is 0 Å². The molecule has 0 saturated heterocycles. The van der Waals surface area contributed by atoms with E-state index in [4.69, 9.17) is 4.42 Å². The van der Waals surface area contributed by atoms with Crippen LogP contribution in [0.4, 0.5) is 17.1 Å². The molecule has 0 aliphatic heterocycles. The molecule has 0 fully saturated rings. The van der Waals surface area contributed by atoms with Gasteiger partial charge in [0.25, 0.3) is 0 Å². The fourth-order valence-corrected chi connectivity index (χ4v) is 9.01. The Morgan fingerprint density at radius 1 is 0.258 bits per heavy atom. The van der Waals surface area contributed by atoms with Crippen molar-refractivity contribution in [3.8, 4) is 66.8 Å².